The van der Waals surface area contributed by atoms with Gasteiger partial charge in [0.15, 0.2) is 5.82 Å². The van der Waals surface area contributed by atoms with E-state index in [9.17, 15) is 14.7 Å². The number of carbonyl (C=O) groups is 2. The normalized spacial score (nSPS) is 17.8. The highest BCUT2D eigenvalue weighted by Crippen LogP contribution is 2.24. The Morgan fingerprint density at radius 3 is 2.81 bits per heavy atom. The van der Waals surface area contributed by atoms with E-state index >= 15 is 0 Å². The molecule has 1 aliphatic rings. The number of hydrogen-bond acceptors (Lipinski definition) is 6. The van der Waals surface area contributed by atoms with Crippen LogP contribution in [0.2, 0.25) is 0 Å². The first kappa shape index (κ1) is 21.2. The van der Waals surface area contributed by atoms with Crippen LogP contribution in [0.4, 0.5) is 0 Å². The number of carbonyl (C=O) groups excluding carboxylic acids is 2. The van der Waals surface area contributed by atoms with Crippen LogP contribution in [-0.4, -0.2) is 60.5 Å². The van der Waals surface area contributed by atoms with Gasteiger partial charge >= 0.3 is 0 Å². The van der Waals surface area contributed by atoms with Crippen LogP contribution in [0.1, 0.15) is 29.4 Å². The summed E-state index contributed by atoms with van der Waals surface area (Å²) in [5, 5.41) is 10.5. The lowest BCUT2D eigenvalue weighted by atomic mass is 10.0. The van der Waals surface area contributed by atoms with E-state index in [2.05, 4.69) is 26.8 Å². The molecule has 1 saturated heterocycles. The maximum absolute atomic E-state index is 12.1. The Kier molecular flexibility index (Phi) is 5.47. The Morgan fingerprint density at radius 1 is 1.31 bits per heavy atom. The molecule has 0 spiro atoms. The smallest absolute Gasteiger partial charge is 0.267 e. The summed E-state index contributed by atoms with van der Waals surface area (Å²) >= 11 is 0. The van der Waals surface area contributed by atoms with Crippen molar-refractivity contribution in [2.45, 2.75) is 25.5 Å². The fourth-order valence-corrected chi connectivity index (χ4v) is 3.50. The highest BCUT2D eigenvalue weighted by Gasteiger charge is 2.42. The summed E-state index contributed by atoms with van der Waals surface area (Å²) in [6, 6.07) is 8.59. The van der Waals surface area contributed by atoms with Crippen LogP contribution in [0.3, 0.4) is 0 Å². The lowest BCUT2D eigenvalue weighted by Crippen LogP contribution is -2.37. The van der Waals surface area contributed by atoms with Crippen molar-refractivity contribution in [1.29, 1.82) is 0 Å². The van der Waals surface area contributed by atoms with E-state index in [1.807, 2.05) is 11.5 Å². The van der Waals surface area contributed by atoms with Gasteiger partial charge in [-0.05, 0) is 25.1 Å². The van der Waals surface area contributed by atoms with E-state index in [4.69, 9.17) is 5.73 Å². The van der Waals surface area contributed by atoms with Crippen LogP contribution in [-0.2, 0) is 11.3 Å². The summed E-state index contributed by atoms with van der Waals surface area (Å²) in [6.45, 7) is 3.11. The summed E-state index contributed by atoms with van der Waals surface area (Å²) in [6.07, 6.45) is 3.61. The van der Waals surface area contributed by atoms with Crippen LogP contribution < -0.4 is 5.73 Å². The van der Waals surface area contributed by atoms with Gasteiger partial charge < -0.3 is 20.3 Å². The summed E-state index contributed by atoms with van der Waals surface area (Å²) in [4.78, 5) is 38.6. The number of benzene rings is 1. The molecule has 9 heteroatoms. The van der Waals surface area contributed by atoms with E-state index in [-0.39, 0.29) is 12.1 Å². The van der Waals surface area contributed by atoms with Crippen LogP contribution >= 0.6 is 0 Å². The number of nitrogens with zero attached hydrogens (tertiary/aromatic N) is 5. The SMILES string of the molecule is CCn1cncc1-c1cc(C(N)=O)nc(-c2cccc(C#C[C@]3(O)CCN(C)C3=O)c2)n1. The minimum absolute atomic E-state index is 0.0826. The van der Waals surface area contributed by atoms with Crippen LogP contribution in [0.15, 0.2) is 42.9 Å². The molecule has 0 bridgehead atoms. The molecule has 1 aromatic carbocycles. The van der Waals surface area contributed by atoms with Gasteiger partial charge in [0.05, 0.1) is 23.9 Å². The van der Waals surface area contributed by atoms with E-state index in [0.29, 0.717) is 35.7 Å². The number of aliphatic hydroxyl groups is 1. The molecule has 1 aliphatic heterocycles. The molecule has 1 fully saturated rings. The molecule has 2 aromatic heterocycles. The zero-order chi connectivity index (χ0) is 22.9. The second kappa shape index (κ2) is 8.24. The third kappa shape index (κ3) is 3.96. The van der Waals surface area contributed by atoms with Crippen molar-refractivity contribution in [3.8, 4) is 34.6 Å². The van der Waals surface area contributed by atoms with Crippen molar-refractivity contribution in [1.82, 2.24) is 24.4 Å². The molecule has 2 amide bonds. The maximum atomic E-state index is 12.1. The molecule has 3 heterocycles. The number of rotatable bonds is 4. The van der Waals surface area contributed by atoms with E-state index in [1.165, 1.54) is 11.0 Å². The summed E-state index contributed by atoms with van der Waals surface area (Å²) in [5.41, 5.74) is 6.35. The molecular formula is C23H22N6O3. The van der Waals surface area contributed by atoms with Crippen molar-refractivity contribution >= 4 is 11.8 Å². The highest BCUT2D eigenvalue weighted by molar-refractivity contribution is 5.92. The minimum atomic E-state index is -1.68. The Balaban J connectivity index is 1.74. The first-order valence-electron chi connectivity index (χ1n) is 10.1. The first-order chi connectivity index (χ1) is 15.3. The molecule has 0 aliphatic carbocycles. The summed E-state index contributed by atoms with van der Waals surface area (Å²) < 4.78 is 1.90. The van der Waals surface area contributed by atoms with Crippen LogP contribution in [0, 0.1) is 11.8 Å². The highest BCUT2D eigenvalue weighted by atomic mass is 16.3. The number of likely N-dealkylation sites (tertiary alicyclic amines) is 1. The number of nitrogens with two attached hydrogens (primary N) is 1. The monoisotopic (exact) mass is 430 g/mol. The molecule has 4 rings (SSSR count). The summed E-state index contributed by atoms with van der Waals surface area (Å²) in [5.74, 6) is 4.81. The molecular weight excluding hydrogens is 408 g/mol. The number of aryl methyl sites for hydroxylation is 1. The Bertz CT molecular complexity index is 1270. The quantitative estimate of drug-likeness (QED) is 0.596. The topological polar surface area (TPSA) is 127 Å². The Morgan fingerprint density at radius 2 is 2.12 bits per heavy atom. The predicted molar refractivity (Wildman–Crippen MR) is 117 cm³/mol. The van der Waals surface area contributed by atoms with Crippen molar-refractivity contribution in [3.05, 3.63) is 54.1 Å². The van der Waals surface area contributed by atoms with E-state index < -0.39 is 17.4 Å². The molecule has 1 atom stereocenters. The minimum Gasteiger partial charge on any atom is -0.369 e. The lowest BCUT2D eigenvalue weighted by Gasteiger charge is -2.13. The predicted octanol–water partition coefficient (Wildman–Crippen LogP) is 1.07. The fourth-order valence-electron chi connectivity index (χ4n) is 3.50. The second-order valence-corrected chi connectivity index (χ2v) is 7.56. The van der Waals surface area contributed by atoms with Gasteiger partial charge in [-0.25, -0.2) is 15.0 Å². The van der Waals surface area contributed by atoms with Gasteiger partial charge in [0.2, 0.25) is 5.60 Å². The van der Waals surface area contributed by atoms with Crippen molar-refractivity contribution < 1.29 is 14.7 Å². The average molecular weight is 430 g/mol. The van der Waals surface area contributed by atoms with E-state index in [0.717, 1.165) is 5.69 Å². The number of likely N-dealkylation sites (N-methyl/N-ethyl adjacent to an activating group) is 1. The van der Waals surface area contributed by atoms with Gasteiger partial charge in [0, 0.05) is 37.7 Å². The van der Waals surface area contributed by atoms with Gasteiger partial charge in [-0.15, -0.1) is 0 Å². The van der Waals surface area contributed by atoms with E-state index in [1.54, 1.807) is 43.8 Å². The van der Waals surface area contributed by atoms with Crippen molar-refractivity contribution in [2.24, 2.45) is 5.73 Å². The number of imidazole rings is 1. The van der Waals surface area contributed by atoms with Gasteiger partial charge in [0.1, 0.15) is 5.69 Å². The fraction of sp³-hybridized carbons (Fsp3) is 0.261. The molecule has 0 saturated carbocycles. The maximum Gasteiger partial charge on any atom is 0.267 e. The summed E-state index contributed by atoms with van der Waals surface area (Å²) in [7, 11) is 1.63. The third-order valence-electron chi connectivity index (χ3n) is 5.34. The molecule has 3 N–H and O–H groups in total. The van der Waals surface area contributed by atoms with Crippen molar-refractivity contribution in [3.63, 3.8) is 0 Å². The molecule has 9 nitrogen and oxygen atoms in total. The standard InChI is InChI=1S/C23H22N6O3/c1-3-29-14-25-13-19(29)17-12-18(20(24)30)27-21(26-17)16-6-4-5-15(11-16)7-8-23(32)9-10-28(2)22(23)31/h4-6,11-14,32H,3,9-10H2,1-2H3,(H2,24,30)/t23-/m0/s1. The van der Waals surface area contributed by atoms with Gasteiger partial charge in [-0.3, -0.25) is 9.59 Å². The first-order valence-corrected chi connectivity index (χ1v) is 10.1. The molecule has 32 heavy (non-hydrogen) atoms. The van der Waals surface area contributed by atoms with Gasteiger partial charge in [-0.1, -0.05) is 24.0 Å². The molecule has 0 unspecified atom stereocenters. The Labute approximate surface area is 184 Å². The van der Waals surface area contributed by atoms with Crippen molar-refractivity contribution in [2.75, 3.05) is 13.6 Å². The Hall–Kier alpha value is -4.03. The number of amides is 2. The van der Waals surface area contributed by atoms with Gasteiger partial charge in [0.25, 0.3) is 11.8 Å². The average Bonchev–Trinajstić information content (AvgIpc) is 3.38. The lowest BCUT2D eigenvalue weighted by molar-refractivity contribution is -0.137. The van der Waals surface area contributed by atoms with Crippen LogP contribution in [0.5, 0.6) is 0 Å². The number of aromatic nitrogens is 4. The second-order valence-electron chi connectivity index (χ2n) is 7.56. The molecule has 3 aromatic rings. The zero-order valence-corrected chi connectivity index (χ0v) is 17.7. The molecule has 0 radical (unpaired) electrons. The largest absolute Gasteiger partial charge is 0.369 e. The zero-order valence-electron chi connectivity index (χ0n) is 17.7. The van der Waals surface area contributed by atoms with Crippen LogP contribution in [0.25, 0.3) is 22.8 Å². The van der Waals surface area contributed by atoms with Gasteiger partial charge in [-0.2, -0.15) is 0 Å². The third-order valence-corrected chi connectivity index (χ3v) is 5.34. The number of primary amides is 1. The number of hydrogen-bond donors (Lipinski definition) is 2. The molecule has 162 valence electrons.